The van der Waals surface area contributed by atoms with Crippen molar-refractivity contribution in [3.63, 3.8) is 0 Å². The molecule has 0 saturated heterocycles. The molecule has 1 aromatic carbocycles. The molecule has 208 valence electrons. The number of rotatable bonds is 13. The number of carbonyl (C=O) groups is 1. The van der Waals surface area contributed by atoms with E-state index in [1.165, 1.54) is 29.7 Å². The maximum atomic E-state index is 13.2. The van der Waals surface area contributed by atoms with Gasteiger partial charge in [0.1, 0.15) is 5.75 Å². The topological polar surface area (TPSA) is 73.1 Å². The number of carbonyl (C=O) groups excluding carboxylic acids is 1. The van der Waals surface area contributed by atoms with Crippen molar-refractivity contribution in [1.82, 2.24) is 10.2 Å². The second kappa shape index (κ2) is 19.0. The predicted molar refractivity (Wildman–Crippen MR) is 152 cm³/mol. The third-order valence-electron chi connectivity index (χ3n) is 6.10. The van der Waals surface area contributed by atoms with Crippen molar-refractivity contribution in [1.29, 1.82) is 0 Å². The molecular weight excluding hydrogens is 455 g/mol. The molecule has 5 nitrogen and oxygen atoms in total. The van der Waals surface area contributed by atoms with E-state index in [1.54, 1.807) is 0 Å². The fraction of sp³-hybridized carbons (Fsp3) is 0.633. The highest BCUT2D eigenvalue weighted by atomic mass is 19.1. The highest BCUT2D eigenvalue weighted by Crippen LogP contribution is 2.30. The third-order valence-corrected chi connectivity index (χ3v) is 6.10. The first-order valence-corrected chi connectivity index (χ1v) is 13.2. The molecule has 0 saturated carbocycles. The Bertz CT molecular complexity index is 828. The minimum atomic E-state index is -0.344. The average molecular weight is 509 g/mol. The molecule has 0 aliphatic rings. The van der Waals surface area contributed by atoms with Crippen LogP contribution >= 0.6 is 0 Å². The Labute approximate surface area is 220 Å². The van der Waals surface area contributed by atoms with E-state index in [-0.39, 0.29) is 35.1 Å². The Kier molecular flexibility index (Phi) is 19.0. The number of allylic oxidation sites excluding steroid dienone is 3. The molecule has 0 heterocycles. The Morgan fingerprint density at radius 2 is 1.75 bits per heavy atom. The lowest BCUT2D eigenvalue weighted by molar-refractivity contribution is -0.123. The van der Waals surface area contributed by atoms with Crippen molar-refractivity contribution in [2.24, 2.45) is 11.8 Å². The third kappa shape index (κ3) is 12.7. The number of amides is 1. The predicted octanol–water partition coefficient (Wildman–Crippen LogP) is 6.88. The van der Waals surface area contributed by atoms with Gasteiger partial charge in [0.05, 0.1) is 18.4 Å². The molecule has 0 aliphatic heterocycles. The Morgan fingerprint density at radius 1 is 1.14 bits per heavy atom. The first-order valence-electron chi connectivity index (χ1n) is 13.2. The summed E-state index contributed by atoms with van der Waals surface area (Å²) in [7, 11) is 2.13. The monoisotopic (exact) mass is 508 g/mol. The highest BCUT2D eigenvalue weighted by Gasteiger charge is 2.20. The zero-order chi connectivity index (χ0) is 27.1. The molecule has 3 unspecified atom stereocenters. The van der Waals surface area contributed by atoms with Crippen molar-refractivity contribution in [3.8, 4) is 5.75 Å². The van der Waals surface area contributed by atoms with Gasteiger partial charge in [0.25, 0.3) is 0 Å². The number of nitrogens with zero attached hydrogens (tertiary/aromatic N) is 1. The van der Waals surface area contributed by atoms with Crippen LogP contribution in [-0.4, -0.2) is 43.0 Å². The minimum Gasteiger partial charge on any atom is -0.493 e. The van der Waals surface area contributed by atoms with Gasteiger partial charge in [0.15, 0.2) is 0 Å². The molecule has 0 spiro atoms. The van der Waals surface area contributed by atoms with Crippen molar-refractivity contribution < 1.29 is 19.4 Å². The van der Waals surface area contributed by atoms with Gasteiger partial charge < -0.3 is 15.5 Å². The average Bonchev–Trinajstić information content (AvgIpc) is 2.81. The quantitative estimate of drug-likeness (QED) is 0.295. The highest BCUT2D eigenvalue weighted by molar-refractivity contribution is 5.80. The lowest BCUT2D eigenvalue weighted by atomic mass is 9.96. The molecule has 1 rings (SSSR count). The standard InChI is InChI=1S/C28H45FN2O2.C2H6.H2O/c1-10-15-33-27-14-13-26(22(6)23(27)7)24(8)31(9)18-20(4)17-30-28(32)25(16-19(2)3)12-11-21(5)29;1-2;/h11,13-14,16,20,24-25H,10,12,15,17-18H2,1-9H3,(H,30,32);1-2H3;1H2/b21-11+;;. The van der Waals surface area contributed by atoms with Gasteiger partial charge in [-0.05, 0) is 90.1 Å². The fourth-order valence-corrected chi connectivity index (χ4v) is 3.94. The molecule has 0 aliphatic carbocycles. The Hall–Kier alpha value is -2.18. The van der Waals surface area contributed by atoms with Crippen molar-refractivity contribution >= 4 is 5.91 Å². The maximum absolute atomic E-state index is 13.2. The van der Waals surface area contributed by atoms with E-state index < -0.39 is 0 Å². The molecule has 1 aromatic rings. The lowest BCUT2D eigenvalue weighted by Gasteiger charge is -2.30. The number of ether oxygens (including phenoxy) is 1. The van der Waals surface area contributed by atoms with Crippen LogP contribution in [0.2, 0.25) is 0 Å². The van der Waals surface area contributed by atoms with Gasteiger partial charge >= 0.3 is 0 Å². The second-order valence-corrected chi connectivity index (χ2v) is 9.59. The summed E-state index contributed by atoms with van der Waals surface area (Å²) in [5.74, 6) is 0.594. The van der Waals surface area contributed by atoms with Crippen molar-refractivity contribution in [2.75, 3.05) is 26.7 Å². The smallest absolute Gasteiger partial charge is 0.227 e. The maximum Gasteiger partial charge on any atom is 0.227 e. The number of hydrogen-bond acceptors (Lipinski definition) is 3. The summed E-state index contributed by atoms with van der Waals surface area (Å²) in [6.45, 7) is 22.2. The largest absolute Gasteiger partial charge is 0.493 e. The zero-order valence-electron chi connectivity index (χ0n) is 24.7. The normalized spacial score (nSPS) is 13.5. The van der Waals surface area contributed by atoms with Gasteiger partial charge in [0, 0.05) is 19.1 Å². The van der Waals surface area contributed by atoms with Crippen LogP contribution in [0.3, 0.4) is 0 Å². The van der Waals surface area contributed by atoms with Crippen LogP contribution in [0.1, 0.15) is 91.0 Å². The van der Waals surface area contributed by atoms with Crippen LogP contribution in [0.5, 0.6) is 5.75 Å². The molecule has 3 N–H and O–H groups in total. The Balaban J connectivity index is 0. The van der Waals surface area contributed by atoms with Crippen LogP contribution in [-0.2, 0) is 4.79 Å². The summed E-state index contributed by atoms with van der Waals surface area (Å²) in [5.41, 5.74) is 4.82. The van der Waals surface area contributed by atoms with Gasteiger partial charge in [-0.2, -0.15) is 0 Å². The first-order chi connectivity index (χ1) is 16.5. The molecular formula is C30H53FN2O3. The van der Waals surface area contributed by atoms with Gasteiger partial charge in [-0.1, -0.05) is 51.5 Å². The van der Waals surface area contributed by atoms with Gasteiger partial charge in [-0.3, -0.25) is 9.69 Å². The summed E-state index contributed by atoms with van der Waals surface area (Å²) in [6, 6.07) is 4.50. The van der Waals surface area contributed by atoms with Gasteiger partial charge in [-0.25, -0.2) is 4.39 Å². The van der Waals surface area contributed by atoms with Crippen molar-refractivity contribution in [2.45, 2.75) is 88.1 Å². The first kappa shape index (κ1) is 36.0. The van der Waals surface area contributed by atoms with Crippen LogP contribution in [0.15, 0.2) is 35.7 Å². The summed E-state index contributed by atoms with van der Waals surface area (Å²) in [5, 5.41) is 3.06. The zero-order valence-corrected chi connectivity index (χ0v) is 24.7. The molecule has 0 radical (unpaired) electrons. The Morgan fingerprint density at radius 3 is 2.28 bits per heavy atom. The van der Waals surface area contributed by atoms with E-state index >= 15 is 0 Å². The van der Waals surface area contributed by atoms with E-state index in [2.05, 4.69) is 64.0 Å². The van der Waals surface area contributed by atoms with E-state index in [9.17, 15) is 9.18 Å². The van der Waals surface area contributed by atoms with E-state index in [4.69, 9.17) is 4.74 Å². The molecule has 0 fully saturated rings. The number of halogens is 1. The lowest BCUT2D eigenvalue weighted by Crippen LogP contribution is -2.37. The van der Waals surface area contributed by atoms with Crippen LogP contribution in [0.4, 0.5) is 4.39 Å². The molecule has 36 heavy (non-hydrogen) atoms. The van der Waals surface area contributed by atoms with Crippen molar-refractivity contribution in [3.05, 3.63) is 52.4 Å². The van der Waals surface area contributed by atoms with E-state index in [1.807, 2.05) is 33.8 Å². The van der Waals surface area contributed by atoms with E-state index in [0.717, 1.165) is 30.9 Å². The van der Waals surface area contributed by atoms with E-state index in [0.29, 0.717) is 13.0 Å². The number of benzene rings is 1. The molecule has 6 heteroatoms. The SMILES string of the molecule is CC.CCCOc1ccc(C(C)N(C)CC(C)CNC(=O)C(C=C(C)C)C/C=C(\C)F)c(C)c1C.O. The summed E-state index contributed by atoms with van der Waals surface area (Å²) >= 11 is 0. The molecule has 0 aromatic heterocycles. The number of nitrogens with one attached hydrogen (secondary N) is 1. The second-order valence-electron chi connectivity index (χ2n) is 9.59. The van der Waals surface area contributed by atoms with Crippen LogP contribution in [0, 0.1) is 25.7 Å². The van der Waals surface area contributed by atoms with Gasteiger partial charge in [0.2, 0.25) is 5.91 Å². The summed E-state index contributed by atoms with van der Waals surface area (Å²) in [6.07, 6.45) is 4.76. The summed E-state index contributed by atoms with van der Waals surface area (Å²) < 4.78 is 19.0. The minimum absolute atomic E-state index is 0. The van der Waals surface area contributed by atoms with Gasteiger partial charge in [-0.15, -0.1) is 0 Å². The van der Waals surface area contributed by atoms with Crippen LogP contribution < -0.4 is 10.1 Å². The molecule has 0 bridgehead atoms. The fourth-order valence-electron chi connectivity index (χ4n) is 3.94. The molecule has 1 amide bonds. The number of hydrogen-bond donors (Lipinski definition) is 1. The van der Waals surface area contributed by atoms with Crippen LogP contribution in [0.25, 0.3) is 0 Å². The molecule has 3 atom stereocenters. The summed E-state index contributed by atoms with van der Waals surface area (Å²) in [4.78, 5) is 15.0.